The van der Waals surface area contributed by atoms with Gasteiger partial charge in [0, 0.05) is 6.61 Å². The molecule has 2 heteroatoms. The average molecular weight is 287 g/mol. The zero-order chi connectivity index (χ0) is 14.5. The Kier molecular flexibility index (Phi) is 4.97. The first-order chi connectivity index (χ1) is 10.4. The Labute approximate surface area is 129 Å². The first-order valence-corrected chi connectivity index (χ1v) is 8.79. The van der Waals surface area contributed by atoms with Crippen molar-refractivity contribution in [3.05, 3.63) is 35.9 Å². The van der Waals surface area contributed by atoms with E-state index in [0.29, 0.717) is 12.5 Å². The number of aliphatic hydroxyl groups excluding tert-OH is 1. The molecule has 1 aliphatic carbocycles. The second-order valence-electron chi connectivity index (χ2n) is 6.79. The highest BCUT2D eigenvalue weighted by molar-refractivity contribution is 5.27. The van der Waals surface area contributed by atoms with E-state index in [2.05, 4.69) is 35.2 Å². The molecule has 1 aromatic carbocycles. The largest absolute Gasteiger partial charge is 0.396 e. The van der Waals surface area contributed by atoms with E-state index in [4.69, 9.17) is 0 Å². The summed E-state index contributed by atoms with van der Waals surface area (Å²) in [6.45, 7) is 2.69. The number of nitrogens with zero attached hydrogens (tertiary/aromatic N) is 1. The smallest absolute Gasteiger partial charge is 0.0510 e. The minimum Gasteiger partial charge on any atom is -0.396 e. The Balaban J connectivity index is 2.01. The van der Waals surface area contributed by atoms with Gasteiger partial charge in [-0.25, -0.2) is 0 Å². The monoisotopic (exact) mass is 287 g/mol. The molecule has 1 N–H and O–H groups in total. The van der Waals surface area contributed by atoms with Crippen LogP contribution in [0.25, 0.3) is 0 Å². The number of benzene rings is 1. The number of hydrogen-bond donors (Lipinski definition) is 1. The Morgan fingerprint density at radius 2 is 1.62 bits per heavy atom. The Morgan fingerprint density at radius 3 is 2.24 bits per heavy atom. The Bertz CT molecular complexity index is 420. The molecule has 1 unspecified atom stereocenters. The van der Waals surface area contributed by atoms with E-state index in [9.17, 15) is 5.11 Å². The summed E-state index contributed by atoms with van der Waals surface area (Å²) in [6.07, 6.45) is 10.3. The third-order valence-corrected chi connectivity index (χ3v) is 5.72. The van der Waals surface area contributed by atoms with Crippen LogP contribution in [0.5, 0.6) is 0 Å². The Morgan fingerprint density at radius 1 is 0.952 bits per heavy atom. The van der Waals surface area contributed by atoms with Gasteiger partial charge in [-0.05, 0) is 56.7 Å². The molecule has 3 rings (SSSR count). The zero-order valence-electron chi connectivity index (χ0n) is 13.1. The van der Waals surface area contributed by atoms with Crippen LogP contribution in [0.4, 0.5) is 0 Å². The lowest BCUT2D eigenvalue weighted by atomic mass is 9.68. The van der Waals surface area contributed by atoms with E-state index < -0.39 is 0 Å². The van der Waals surface area contributed by atoms with Gasteiger partial charge in [-0.2, -0.15) is 0 Å². The van der Waals surface area contributed by atoms with Gasteiger partial charge in [0.25, 0.3) is 0 Å². The summed E-state index contributed by atoms with van der Waals surface area (Å²) in [5.74, 6) is 0.707. The number of hydrogen-bond acceptors (Lipinski definition) is 2. The van der Waals surface area contributed by atoms with E-state index in [1.54, 1.807) is 0 Å². The van der Waals surface area contributed by atoms with Crippen LogP contribution in [0.15, 0.2) is 30.3 Å². The fourth-order valence-electron chi connectivity index (χ4n) is 4.78. The maximum atomic E-state index is 9.83. The first-order valence-electron chi connectivity index (χ1n) is 8.79. The highest BCUT2D eigenvalue weighted by atomic mass is 16.3. The maximum Gasteiger partial charge on any atom is 0.0510 e. The lowest BCUT2D eigenvalue weighted by Crippen LogP contribution is -2.51. The van der Waals surface area contributed by atoms with Gasteiger partial charge in [-0.3, -0.25) is 4.90 Å². The van der Waals surface area contributed by atoms with Crippen molar-refractivity contribution in [2.24, 2.45) is 5.92 Å². The van der Waals surface area contributed by atoms with Gasteiger partial charge in [0.2, 0.25) is 0 Å². The van der Waals surface area contributed by atoms with Crippen LogP contribution in [0, 0.1) is 5.92 Å². The summed E-state index contributed by atoms with van der Waals surface area (Å²) < 4.78 is 0. The molecule has 116 valence electrons. The molecule has 1 atom stereocenters. The summed E-state index contributed by atoms with van der Waals surface area (Å²) in [7, 11) is 0. The van der Waals surface area contributed by atoms with Crippen LogP contribution in [0.2, 0.25) is 0 Å². The molecule has 0 aromatic heterocycles. The molecule has 21 heavy (non-hydrogen) atoms. The van der Waals surface area contributed by atoms with E-state index in [0.717, 1.165) is 6.42 Å². The fourth-order valence-corrected chi connectivity index (χ4v) is 4.78. The highest BCUT2D eigenvalue weighted by Gasteiger charge is 2.45. The molecular formula is C19H29NO. The third kappa shape index (κ3) is 2.89. The average Bonchev–Trinajstić information content (AvgIpc) is 3.09. The normalized spacial score (nSPS) is 24.0. The molecule has 2 nitrogen and oxygen atoms in total. The molecule has 0 bridgehead atoms. The van der Waals surface area contributed by atoms with Gasteiger partial charge < -0.3 is 5.11 Å². The van der Waals surface area contributed by atoms with Crippen LogP contribution in [0.3, 0.4) is 0 Å². The third-order valence-electron chi connectivity index (χ3n) is 5.72. The minimum absolute atomic E-state index is 0.0763. The summed E-state index contributed by atoms with van der Waals surface area (Å²) in [6, 6.07) is 11.0. The lowest BCUT2D eigenvalue weighted by molar-refractivity contribution is 0.00640. The maximum absolute atomic E-state index is 9.83. The van der Waals surface area contributed by atoms with Crippen molar-refractivity contribution < 1.29 is 5.11 Å². The van der Waals surface area contributed by atoms with Crippen LogP contribution in [-0.4, -0.2) is 29.7 Å². The molecule has 1 aliphatic heterocycles. The van der Waals surface area contributed by atoms with Crippen molar-refractivity contribution in [1.29, 1.82) is 0 Å². The zero-order valence-corrected chi connectivity index (χ0v) is 13.1. The number of rotatable bonds is 5. The van der Waals surface area contributed by atoms with E-state index in [1.807, 2.05) is 0 Å². The number of likely N-dealkylation sites (tertiary alicyclic amines) is 1. The van der Waals surface area contributed by atoms with Crippen LogP contribution in [-0.2, 0) is 5.54 Å². The summed E-state index contributed by atoms with van der Waals surface area (Å²) in [4.78, 5) is 2.70. The van der Waals surface area contributed by atoms with E-state index in [1.165, 1.54) is 63.6 Å². The molecular weight excluding hydrogens is 258 g/mol. The second kappa shape index (κ2) is 6.93. The van der Waals surface area contributed by atoms with E-state index in [-0.39, 0.29) is 5.54 Å². The van der Waals surface area contributed by atoms with Gasteiger partial charge in [0.15, 0.2) is 0 Å². The van der Waals surface area contributed by atoms with Gasteiger partial charge in [0.05, 0.1) is 5.54 Å². The standard InChI is InChI=1S/C19H29NO/c21-16-13-19(20-14-7-8-15-20,17-9-3-1-4-10-17)18-11-5-2-6-12-18/h1,3-4,9-10,18,21H,2,5-8,11-16H2. The van der Waals surface area contributed by atoms with Crippen LogP contribution < -0.4 is 0 Å². The van der Waals surface area contributed by atoms with Gasteiger partial charge >= 0.3 is 0 Å². The summed E-state index contributed by atoms with van der Waals surface area (Å²) in [5.41, 5.74) is 1.51. The molecule has 2 fully saturated rings. The van der Waals surface area contributed by atoms with Crippen molar-refractivity contribution in [2.45, 2.75) is 56.9 Å². The second-order valence-corrected chi connectivity index (χ2v) is 6.79. The minimum atomic E-state index is 0.0763. The highest BCUT2D eigenvalue weighted by Crippen LogP contribution is 2.47. The molecule has 1 heterocycles. The lowest BCUT2D eigenvalue weighted by Gasteiger charge is -2.49. The molecule has 2 aliphatic rings. The summed E-state index contributed by atoms with van der Waals surface area (Å²) >= 11 is 0. The van der Waals surface area contributed by atoms with Crippen molar-refractivity contribution in [3.8, 4) is 0 Å². The molecule has 0 amide bonds. The van der Waals surface area contributed by atoms with E-state index >= 15 is 0 Å². The van der Waals surface area contributed by atoms with Crippen molar-refractivity contribution in [1.82, 2.24) is 4.90 Å². The van der Waals surface area contributed by atoms with Crippen molar-refractivity contribution >= 4 is 0 Å². The SMILES string of the molecule is OCCC(c1ccccc1)(C1CCCCC1)N1CCCC1. The fraction of sp³-hybridized carbons (Fsp3) is 0.684. The Hall–Kier alpha value is -0.860. The van der Waals surface area contributed by atoms with Crippen LogP contribution >= 0.6 is 0 Å². The molecule has 1 aromatic rings. The van der Waals surface area contributed by atoms with Crippen molar-refractivity contribution in [2.75, 3.05) is 19.7 Å². The topological polar surface area (TPSA) is 23.5 Å². The molecule has 0 radical (unpaired) electrons. The number of aliphatic hydroxyl groups is 1. The van der Waals surface area contributed by atoms with Gasteiger partial charge in [-0.15, -0.1) is 0 Å². The molecule has 1 saturated heterocycles. The van der Waals surface area contributed by atoms with Crippen LogP contribution in [0.1, 0.15) is 56.9 Å². The predicted octanol–water partition coefficient (Wildman–Crippen LogP) is 3.94. The molecule has 1 saturated carbocycles. The van der Waals surface area contributed by atoms with Gasteiger partial charge in [0.1, 0.15) is 0 Å². The quantitative estimate of drug-likeness (QED) is 0.886. The predicted molar refractivity (Wildman–Crippen MR) is 87.2 cm³/mol. The molecule has 0 spiro atoms. The van der Waals surface area contributed by atoms with Crippen molar-refractivity contribution in [3.63, 3.8) is 0 Å². The van der Waals surface area contributed by atoms with Gasteiger partial charge in [-0.1, -0.05) is 49.6 Å². The first kappa shape index (κ1) is 15.1. The summed E-state index contributed by atoms with van der Waals surface area (Å²) in [5, 5.41) is 9.83.